The summed E-state index contributed by atoms with van der Waals surface area (Å²) >= 11 is 2.09. The summed E-state index contributed by atoms with van der Waals surface area (Å²) in [6.45, 7) is 1.12. The van der Waals surface area contributed by atoms with Gasteiger partial charge in [-0.25, -0.2) is 0 Å². The van der Waals surface area contributed by atoms with Crippen molar-refractivity contribution in [2.75, 3.05) is 40.0 Å². The predicted molar refractivity (Wildman–Crippen MR) is 156 cm³/mol. The molecule has 40 heavy (non-hydrogen) atoms. The third-order valence-corrected chi connectivity index (χ3v) is 8.88. The highest BCUT2D eigenvalue weighted by atomic mass is 127. The van der Waals surface area contributed by atoms with Crippen LogP contribution in [-0.2, 0) is 20.9 Å². The number of amides is 2. The van der Waals surface area contributed by atoms with Gasteiger partial charge in [0.15, 0.2) is 11.5 Å². The number of nitrogens with zero attached hydrogens (tertiary/aromatic N) is 1. The molecule has 0 radical (unpaired) electrons. The number of nitrogens with one attached hydrogen (secondary N) is 1. The van der Waals surface area contributed by atoms with Gasteiger partial charge in [-0.15, -0.1) is 0 Å². The molecular formula is C29H41IN2O8. The molecule has 0 spiro atoms. The highest BCUT2D eigenvalue weighted by Crippen LogP contribution is 2.38. The van der Waals surface area contributed by atoms with Gasteiger partial charge in [0.25, 0.3) is 0 Å². The van der Waals surface area contributed by atoms with Gasteiger partial charge in [-0.1, -0.05) is 19.3 Å². The van der Waals surface area contributed by atoms with E-state index in [4.69, 9.17) is 14.2 Å². The lowest BCUT2D eigenvalue weighted by Crippen LogP contribution is -2.57. The number of aliphatic hydroxyl groups excluding tert-OH is 3. The Labute approximate surface area is 249 Å². The number of aliphatic hydroxyl groups is 3. The molecule has 222 valence electrons. The molecular weight excluding hydrogens is 631 g/mol. The molecule has 2 fully saturated rings. The number of carbonyl (C=O) groups excluding carboxylic acids is 2. The van der Waals surface area contributed by atoms with Gasteiger partial charge in [-0.2, -0.15) is 0 Å². The van der Waals surface area contributed by atoms with Crippen LogP contribution < -0.4 is 14.8 Å². The molecule has 11 heteroatoms. The molecule has 3 aliphatic rings. The molecule has 1 aromatic rings. The fourth-order valence-electron chi connectivity index (χ4n) is 5.90. The molecule has 10 nitrogen and oxygen atoms in total. The molecule has 4 N–H and O–H groups in total. The number of rotatable bonds is 11. The fourth-order valence-corrected chi connectivity index (χ4v) is 6.69. The van der Waals surface area contributed by atoms with Crippen molar-refractivity contribution >= 4 is 34.4 Å². The van der Waals surface area contributed by atoms with Crippen LogP contribution in [0.2, 0.25) is 0 Å². The van der Waals surface area contributed by atoms with Crippen molar-refractivity contribution in [3.63, 3.8) is 0 Å². The van der Waals surface area contributed by atoms with E-state index in [1.54, 1.807) is 23.1 Å². The molecule has 4 atom stereocenters. The van der Waals surface area contributed by atoms with E-state index in [2.05, 4.69) is 27.9 Å². The summed E-state index contributed by atoms with van der Waals surface area (Å²) in [7, 11) is 1.50. The lowest BCUT2D eigenvalue weighted by molar-refractivity contribution is -0.144. The van der Waals surface area contributed by atoms with Crippen LogP contribution in [-0.4, -0.2) is 90.3 Å². The van der Waals surface area contributed by atoms with E-state index in [0.29, 0.717) is 58.3 Å². The number of hydrogen-bond donors (Lipinski definition) is 4. The molecule has 1 aromatic carbocycles. The summed E-state index contributed by atoms with van der Waals surface area (Å²) < 4.78 is 18.1. The van der Waals surface area contributed by atoms with Gasteiger partial charge in [-0.05, 0) is 71.5 Å². The minimum atomic E-state index is -1.11. The molecule has 1 saturated heterocycles. The minimum absolute atomic E-state index is 0.0534. The first-order valence-electron chi connectivity index (χ1n) is 14.2. The largest absolute Gasteiger partial charge is 0.493 e. The summed E-state index contributed by atoms with van der Waals surface area (Å²) in [6, 6.07) is 2.75. The number of carbonyl (C=O) groups is 2. The van der Waals surface area contributed by atoms with Crippen molar-refractivity contribution in [2.45, 2.75) is 69.8 Å². The van der Waals surface area contributed by atoms with Gasteiger partial charge in [-0.3, -0.25) is 9.59 Å². The van der Waals surface area contributed by atoms with Gasteiger partial charge >= 0.3 is 0 Å². The number of halogens is 1. The zero-order valence-corrected chi connectivity index (χ0v) is 25.2. The zero-order chi connectivity index (χ0) is 28.6. The minimum Gasteiger partial charge on any atom is -0.493 e. The van der Waals surface area contributed by atoms with Crippen LogP contribution in [0.25, 0.3) is 0 Å². The number of hydrogen-bond acceptors (Lipinski definition) is 8. The molecule has 1 saturated carbocycles. The molecule has 2 aliphatic carbocycles. The van der Waals surface area contributed by atoms with E-state index in [-0.39, 0.29) is 43.9 Å². The first-order valence-corrected chi connectivity index (χ1v) is 15.2. The van der Waals surface area contributed by atoms with Crippen molar-refractivity contribution in [1.29, 1.82) is 0 Å². The number of benzene rings is 1. The predicted octanol–water partition coefficient (Wildman–Crippen LogP) is 2.15. The maximum absolute atomic E-state index is 13.9. The van der Waals surface area contributed by atoms with Gasteiger partial charge in [0.2, 0.25) is 11.8 Å². The highest BCUT2D eigenvalue weighted by Gasteiger charge is 2.43. The third-order valence-electron chi connectivity index (χ3n) is 8.08. The molecule has 1 aliphatic heterocycles. The van der Waals surface area contributed by atoms with E-state index < -0.39 is 18.2 Å². The average molecular weight is 673 g/mol. The van der Waals surface area contributed by atoms with Crippen LogP contribution in [0.5, 0.6) is 11.5 Å². The first-order chi connectivity index (χ1) is 19.4. The van der Waals surface area contributed by atoms with E-state index in [0.717, 1.165) is 25.7 Å². The molecule has 1 heterocycles. The van der Waals surface area contributed by atoms with Crippen LogP contribution in [0.4, 0.5) is 0 Å². The summed E-state index contributed by atoms with van der Waals surface area (Å²) in [5.41, 5.74) is 1.04. The van der Waals surface area contributed by atoms with Crippen LogP contribution in [0.15, 0.2) is 23.8 Å². The Bertz CT molecular complexity index is 1050. The SMILES string of the molecule is COc1cc(CO)cc(I)c1O[C@H]1C=C(C(=O)NCCO)C[C@@H](N(CC2CCCCC2)C(=O)C2CCOC2)[C@@H]1O. The number of methoxy groups -OCH3 is 1. The standard InChI is InChI=1S/C29H41IN2O8/c1-38-25-12-19(16-34)11-22(30)27(25)40-24-14-21(28(36)31-8-9-33)13-23(26(24)35)32(15-18-5-3-2-4-6-18)29(37)20-7-10-39-17-20/h11-12,14,18,20,23-24,26,33-35H,2-10,13,15-17H2,1H3,(H,31,36)/t20?,23-,24+,26+/m1/s1. The van der Waals surface area contributed by atoms with Crippen molar-refractivity contribution < 1.29 is 39.1 Å². The van der Waals surface area contributed by atoms with Crippen LogP contribution in [0, 0.1) is 15.4 Å². The van der Waals surface area contributed by atoms with E-state index >= 15 is 0 Å². The smallest absolute Gasteiger partial charge is 0.247 e. The fraction of sp³-hybridized carbons (Fsp3) is 0.655. The van der Waals surface area contributed by atoms with Crippen LogP contribution in [0.3, 0.4) is 0 Å². The second-order valence-corrected chi connectivity index (χ2v) is 12.0. The second kappa shape index (κ2) is 14.8. The average Bonchev–Trinajstić information content (AvgIpc) is 3.52. The third kappa shape index (κ3) is 7.47. The zero-order valence-electron chi connectivity index (χ0n) is 23.0. The maximum Gasteiger partial charge on any atom is 0.247 e. The first kappa shape index (κ1) is 31.0. The van der Waals surface area contributed by atoms with Crippen molar-refractivity contribution in [1.82, 2.24) is 10.2 Å². The number of ether oxygens (including phenoxy) is 3. The van der Waals surface area contributed by atoms with E-state index in [9.17, 15) is 24.9 Å². The van der Waals surface area contributed by atoms with E-state index in [1.807, 2.05) is 0 Å². The molecule has 2 amide bonds. The Morgan fingerprint density at radius 3 is 2.60 bits per heavy atom. The normalized spacial score (nSPS) is 25.3. The molecule has 0 aromatic heterocycles. The van der Waals surface area contributed by atoms with Crippen molar-refractivity contribution in [2.24, 2.45) is 11.8 Å². The van der Waals surface area contributed by atoms with Crippen molar-refractivity contribution in [3.05, 3.63) is 32.9 Å². The highest BCUT2D eigenvalue weighted by molar-refractivity contribution is 14.1. The summed E-state index contributed by atoms with van der Waals surface area (Å²) in [4.78, 5) is 28.8. The molecule has 4 rings (SSSR count). The Hall–Kier alpha value is -1.93. The maximum atomic E-state index is 13.9. The monoisotopic (exact) mass is 672 g/mol. The Kier molecular flexibility index (Phi) is 11.5. The molecule has 1 unspecified atom stereocenters. The van der Waals surface area contributed by atoms with Crippen LogP contribution >= 0.6 is 22.6 Å². The van der Waals surface area contributed by atoms with Crippen LogP contribution in [0.1, 0.15) is 50.5 Å². The second-order valence-electron chi connectivity index (χ2n) is 10.8. The van der Waals surface area contributed by atoms with Gasteiger partial charge in [0, 0.05) is 31.7 Å². The lowest BCUT2D eigenvalue weighted by atomic mass is 9.84. The summed E-state index contributed by atoms with van der Waals surface area (Å²) in [5.74, 6) is 0.401. The summed E-state index contributed by atoms with van der Waals surface area (Å²) in [6.07, 6.45) is 5.84. The Morgan fingerprint density at radius 1 is 1.18 bits per heavy atom. The van der Waals surface area contributed by atoms with E-state index in [1.165, 1.54) is 13.5 Å². The van der Waals surface area contributed by atoms with Crippen molar-refractivity contribution in [3.8, 4) is 11.5 Å². The Balaban J connectivity index is 1.68. The lowest BCUT2D eigenvalue weighted by Gasteiger charge is -2.43. The quantitative estimate of drug-likeness (QED) is 0.263. The summed E-state index contributed by atoms with van der Waals surface area (Å²) in [5, 5.41) is 33.3. The Morgan fingerprint density at radius 2 is 1.95 bits per heavy atom. The van der Waals surface area contributed by atoms with Gasteiger partial charge in [0.1, 0.15) is 12.2 Å². The molecule has 0 bridgehead atoms. The van der Waals surface area contributed by atoms with Gasteiger partial charge in [0.05, 0.1) is 42.5 Å². The topological polar surface area (TPSA) is 138 Å². The van der Waals surface area contributed by atoms with Gasteiger partial charge < -0.3 is 39.7 Å².